The van der Waals surface area contributed by atoms with Crippen LogP contribution in [0.3, 0.4) is 0 Å². The second-order valence-electron chi connectivity index (χ2n) is 0.708. The molecule has 0 bridgehead atoms. The smallest absolute Gasteiger partial charge is 0.509 e. The first kappa shape index (κ1) is 10.2. The molecule has 0 rings (SSSR count). The third-order valence-corrected chi connectivity index (χ3v) is 0.189. The van der Waals surface area contributed by atoms with Gasteiger partial charge in [0.1, 0.15) is 0 Å². The van der Waals surface area contributed by atoms with Crippen molar-refractivity contribution in [1.82, 2.24) is 0 Å². The predicted molar refractivity (Wildman–Crippen MR) is 14.9 cm³/mol. The zero-order valence-corrected chi connectivity index (χ0v) is 3.79. The van der Waals surface area contributed by atoms with Crippen LogP contribution in [0.1, 0.15) is 0 Å². The first-order valence-corrected chi connectivity index (χ1v) is 1.19. The van der Waals surface area contributed by atoms with Gasteiger partial charge in [0, 0.05) is 0 Å². The minimum Gasteiger partial charge on any atom is -0.509 e. The van der Waals surface area contributed by atoms with Gasteiger partial charge in [0.05, 0.1) is 0 Å². The van der Waals surface area contributed by atoms with Crippen molar-refractivity contribution in [2.75, 3.05) is 0 Å². The molecule has 0 radical (unpaired) electrons. The van der Waals surface area contributed by atoms with Crippen LogP contribution in [0.5, 0.6) is 0 Å². The zero-order chi connectivity index (χ0) is 5.21. The molecule has 0 saturated carbocycles. The van der Waals surface area contributed by atoms with Gasteiger partial charge in [0.25, 0.3) is 0 Å². The fourth-order valence-corrected chi connectivity index (χ4v) is 0. The minimum absolute atomic E-state index is 0. The van der Waals surface area contributed by atoms with Crippen molar-refractivity contribution in [3.8, 4) is 0 Å². The van der Waals surface area contributed by atoms with Crippen LogP contribution in [0, 0.1) is 6.58 Å². The Balaban J connectivity index is 0. The SMILES string of the molecule is [CH-]=CC(F)(F)F.[Li+]. The Morgan fingerprint density at radius 2 is 1.43 bits per heavy atom. The van der Waals surface area contributed by atoms with Crippen LogP contribution in [0.25, 0.3) is 0 Å². The first-order valence-electron chi connectivity index (χ1n) is 1.19. The Hall–Kier alpha value is 0.127. The van der Waals surface area contributed by atoms with E-state index in [1.807, 2.05) is 0 Å². The van der Waals surface area contributed by atoms with Crippen LogP contribution < -0.4 is 18.9 Å². The van der Waals surface area contributed by atoms with Crippen LogP contribution in [0.2, 0.25) is 0 Å². The minimum atomic E-state index is -4.31. The van der Waals surface area contributed by atoms with Crippen molar-refractivity contribution in [3.63, 3.8) is 0 Å². The molecule has 0 aromatic carbocycles. The third kappa shape index (κ3) is 10.7. The number of hydrogen-bond acceptors (Lipinski definition) is 0. The molecule has 0 aliphatic carbocycles. The van der Waals surface area contributed by atoms with Gasteiger partial charge >= 0.3 is 25.0 Å². The fourth-order valence-electron chi connectivity index (χ4n) is 0. The second-order valence-corrected chi connectivity index (χ2v) is 0.708. The summed E-state index contributed by atoms with van der Waals surface area (Å²) in [5.74, 6) is 0. The molecule has 0 amide bonds. The van der Waals surface area contributed by atoms with Gasteiger partial charge in [-0.25, -0.2) is 0 Å². The van der Waals surface area contributed by atoms with E-state index in [2.05, 4.69) is 6.58 Å². The predicted octanol–water partition coefficient (Wildman–Crippen LogP) is -1.46. The van der Waals surface area contributed by atoms with Gasteiger partial charge in [-0.3, -0.25) is 0 Å². The number of alkyl halides is 3. The number of allylic oxidation sites excluding steroid dienone is 1. The van der Waals surface area contributed by atoms with Crippen molar-refractivity contribution in [2.24, 2.45) is 0 Å². The molecule has 7 heavy (non-hydrogen) atoms. The maximum atomic E-state index is 10.6. The summed E-state index contributed by atoms with van der Waals surface area (Å²) in [6.07, 6.45) is -4.62. The molecule has 0 aromatic rings. The summed E-state index contributed by atoms with van der Waals surface area (Å²) < 4.78 is 31.8. The Bertz CT molecular complexity index is 55.7. The van der Waals surface area contributed by atoms with Gasteiger partial charge in [-0.15, -0.1) is 0 Å². The van der Waals surface area contributed by atoms with Crippen molar-refractivity contribution < 1.29 is 32.0 Å². The molecule has 4 heteroatoms. The normalized spacial score (nSPS) is 9.57. The van der Waals surface area contributed by atoms with E-state index in [9.17, 15) is 13.2 Å². The monoisotopic (exact) mass is 102 g/mol. The Labute approximate surface area is 51.6 Å². The molecule has 0 N–H and O–H groups in total. The molecule has 0 fully saturated rings. The standard InChI is InChI=1S/C3H2F3.Li/c1-2-3(4,5)6;/h1-2H;/q-1;+1. The van der Waals surface area contributed by atoms with Crippen LogP contribution in [0.4, 0.5) is 13.2 Å². The molecule has 0 aromatic heterocycles. The molecule has 36 valence electrons. The van der Waals surface area contributed by atoms with Crippen molar-refractivity contribution in [3.05, 3.63) is 12.7 Å². The molecule has 0 aliphatic rings. The van der Waals surface area contributed by atoms with Gasteiger partial charge in [0.15, 0.2) is 0 Å². The van der Waals surface area contributed by atoms with E-state index in [4.69, 9.17) is 0 Å². The van der Waals surface area contributed by atoms with E-state index < -0.39 is 6.18 Å². The van der Waals surface area contributed by atoms with Crippen LogP contribution in [-0.4, -0.2) is 6.18 Å². The maximum Gasteiger partial charge on any atom is 1.00 e. The van der Waals surface area contributed by atoms with Crippen molar-refractivity contribution >= 4 is 0 Å². The van der Waals surface area contributed by atoms with E-state index in [1.165, 1.54) is 0 Å². The zero-order valence-electron chi connectivity index (χ0n) is 3.79. The Morgan fingerprint density at radius 3 is 1.43 bits per heavy atom. The molecule has 0 unspecified atom stereocenters. The van der Waals surface area contributed by atoms with Crippen molar-refractivity contribution in [1.29, 1.82) is 0 Å². The van der Waals surface area contributed by atoms with Crippen molar-refractivity contribution in [2.45, 2.75) is 6.18 Å². The summed E-state index contributed by atoms with van der Waals surface area (Å²) in [5, 5.41) is 0. The third-order valence-electron chi connectivity index (χ3n) is 0.189. The average molecular weight is 102 g/mol. The summed E-state index contributed by atoms with van der Waals surface area (Å²) in [6, 6.07) is 0. The van der Waals surface area contributed by atoms with Gasteiger partial charge < -0.3 is 6.58 Å². The summed E-state index contributed by atoms with van der Waals surface area (Å²) in [4.78, 5) is 0. The molecule has 0 atom stereocenters. The van der Waals surface area contributed by atoms with Crippen LogP contribution in [0.15, 0.2) is 6.08 Å². The summed E-state index contributed by atoms with van der Waals surface area (Å²) in [6.45, 7) is 4.06. The largest absolute Gasteiger partial charge is 1.00 e. The van der Waals surface area contributed by atoms with Crippen LogP contribution >= 0.6 is 0 Å². The number of hydrogen-bond donors (Lipinski definition) is 0. The Morgan fingerprint density at radius 1 is 1.29 bits per heavy atom. The number of rotatable bonds is 0. The van der Waals surface area contributed by atoms with Gasteiger partial charge in [-0.2, -0.15) is 19.2 Å². The molecule has 0 spiro atoms. The van der Waals surface area contributed by atoms with Crippen LogP contribution in [-0.2, 0) is 0 Å². The summed E-state index contributed by atoms with van der Waals surface area (Å²) >= 11 is 0. The molecule has 0 aliphatic heterocycles. The van der Waals surface area contributed by atoms with Gasteiger partial charge in [-0.1, -0.05) is 0 Å². The molecule has 0 saturated heterocycles. The van der Waals surface area contributed by atoms with E-state index in [0.717, 1.165) is 0 Å². The Kier molecular flexibility index (Phi) is 4.61. The van der Waals surface area contributed by atoms with E-state index in [0.29, 0.717) is 0 Å². The number of halogens is 3. The molecule has 0 heterocycles. The molecular weight excluding hydrogens is 100.0 g/mol. The quantitative estimate of drug-likeness (QED) is 0.259. The van der Waals surface area contributed by atoms with E-state index >= 15 is 0 Å². The van der Waals surface area contributed by atoms with Gasteiger partial charge in [0.2, 0.25) is 0 Å². The molecular formula is C3H2F3Li. The average Bonchev–Trinajstić information content (AvgIpc) is 1.35. The second kappa shape index (κ2) is 3.17. The molecule has 0 nitrogen and oxygen atoms in total. The maximum absolute atomic E-state index is 10.6. The van der Waals surface area contributed by atoms with Gasteiger partial charge in [-0.05, 0) is 0 Å². The van der Waals surface area contributed by atoms with E-state index in [1.54, 1.807) is 0 Å². The first-order chi connectivity index (χ1) is 2.56. The van der Waals surface area contributed by atoms with E-state index in [-0.39, 0.29) is 24.9 Å². The summed E-state index contributed by atoms with van der Waals surface area (Å²) in [7, 11) is 0. The summed E-state index contributed by atoms with van der Waals surface area (Å²) in [5.41, 5.74) is 0. The topological polar surface area (TPSA) is 0 Å². The fraction of sp³-hybridized carbons (Fsp3) is 0.333.